The molecule has 2 aromatic rings. The van der Waals surface area contributed by atoms with Crippen LogP contribution in [0.4, 0.5) is 10.1 Å². The Morgan fingerprint density at radius 2 is 1.94 bits per heavy atom. The van der Waals surface area contributed by atoms with Crippen molar-refractivity contribution in [1.82, 2.24) is 4.90 Å². The Bertz CT molecular complexity index is 580. The van der Waals surface area contributed by atoms with Crippen LogP contribution in [-0.2, 0) is 19.6 Å². The molecule has 0 aliphatic carbocycles. The van der Waals surface area contributed by atoms with E-state index in [0.29, 0.717) is 0 Å². The number of hydrogen-bond acceptors (Lipinski definition) is 2. The number of nitrogens with zero attached hydrogens (tertiary/aromatic N) is 1. The molecule has 0 fully saturated rings. The monoisotopic (exact) mass is 242 g/mol. The van der Waals surface area contributed by atoms with E-state index in [1.54, 1.807) is 12.1 Å². The first-order chi connectivity index (χ1) is 8.72. The summed E-state index contributed by atoms with van der Waals surface area (Å²) in [5.41, 5.74) is 10.3. The van der Waals surface area contributed by atoms with Crippen molar-refractivity contribution in [2.75, 3.05) is 5.73 Å². The van der Waals surface area contributed by atoms with Gasteiger partial charge < -0.3 is 5.73 Å². The Kier molecular flexibility index (Phi) is 2.76. The van der Waals surface area contributed by atoms with Gasteiger partial charge >= 0.3 is 0 Å². The van der Waals surface area contributed by atoms with Crippen molar-refractivity contribution in [2.45, 2.75) is 19.6 Å². The van der Waals surface area contributed by atoms with Gasteiger partial charge in [-0.1, -0.05) is 24.3 Å². The fourth-order valence-corrected chi connectivity index (χ4v) is 2.52. The smallest absolute Gasteiger partial charge is 0.123 e. The summed E-state index contributed by atoms with van der Waals surface area (Å²) in [5, 5.41) is 0. The molecule has 1 aliphatic rings. The molecule has 0 atom stereocenters. The van der Waals surface area contributed by atoms with Crippen LogP contribution in [0.1, 0.15) is 16.7 Å². The Labute approximate surface area is 106 Å². The summed E-state index contributed by atoms with van der Waals surface area (Å²) in [4.78, 5) is 2.27. The molecule has 92 valence electrons. The van der Waals surface area contributed by atoms with E-state index in [0.717, 1.165) is 30.9 Å². The molecule has 2 N–H and O–H groups in total. The van der Waals surface area contributed by atoms with E-state index in [-0.39, 0.29) is 5.82 Å². The van der Waals surface area contributed by atoms with E-state index in [4.69, 9.17) is 5.73 Å². The summed E-state index contributed by atoms with van der Waals surface area (Å²) < 4.78 is 13.1. The average molecular weight is 242 g/mol. The predicted molar refractivity (Wildman–Crippen MR) is 70.2 cm³/mol. The molecule has 0 saturated carbocycles. The van der Waals surface area contributed by atoms with Gasteiger partial charge in [-0.05, 0) is 34.9 Å². The standard InChI is InChI=1S/C15H15FN2/c16-13-5-1-3-11(7-13)8-18-9-12-4-2-6-15(17)14(12)10-18/h1-7H,8-10,17H2. The largest absolute Gasteiger partial charge is 0.398 e. The van der Waals surface area contributed by atoms with Gasteiger partial charge in [0.15, 0.2) is 0 Å². The Morgan fingerprint density at radius 1 is 1.11 bits per heavy atom. The van der Waals surface area contributed by atoms with E-state index in [2.05, 4.69) is 11.0 Å². The molecule has 2 nitrogen and oxygen atoms in total. The molecule has 1 aliphatic heterocycles. The zero-order valence-electron chi connectivity index (χ0n) is 10.1. The lowest BCUT2D eigenvalue weighted by molar-refractivity contribution is 0.275. The van der Waals surface area contributed by atoms with Crippen molar-refractivity contribution < 1.29 is 4.39 Å². The number of nitrogens with two attached hydrogens (primary N) is 1. The topological polar surface area (TPSA) is 29.3 Å². The average Bonchev–Trinajstić information content (AvgIpc) is 2.73. The summed E-state index contributed by atoms with van der Waals surface area (Å²) in [6, 6.07) is 12.8. The van der Waals surface area contributed by atoms with Crippen molar-refractivity contribution >= 4 is 5.69 Å². The highest BCUT2D eigenvalue weighted by molar-refractivity contribution is 5.52. The molecule has 3 rings (SSSR count). The summed E-state index contributed by atoms with van der Waals surface area (Å²) >= 11 is 0. The molecule has 0 spiro atoms. The number of halogens is 1. The second-order valence-electron chi connectivity index (χ2n) is 4.76. The van der Waals surface area contributed by atoms with Crippen LogP contribution >= 0.6 is 0 Å². The van der Waals surface area contributed by atoms with Gasteiger partial charge in [-0.3, -0.25) is 4.90 Å². The summed E-state index contributed by atoms with van der Waals surface area (Å²) in [6.07, 6.45) is 0. The maximum atomic E-state index is 13.1. The minimum atomic E-state index is -0.177. The third-order valence-corrected chi connectivity index (χ3v) is 3.38. The normalized spacial score (nSPS) is 14.7. The van der Waals surface area contributed by atoms with Gasteiger partial charge in [0.2, 0.25) is 0 Å². The van der Waals surface area contributed by atoms with Crippen molar-refractivity contribution in [3.05, 3.63) is 65.0 Å². The summed E-state index contributed by atoms with van der Waals surface area (Å²) in [5.74, 6) is -0.177. The first-order valence-electron chi connectivity index (χ1n) is 6.05. The predicted octanol–water partition coefficient (Wildman–Crippen LogP) is 2.92. The number of anilines is 1. The lowest BCUT2D eigenvalue weighted by Gasteiger charge is -2.14. The van der Waals surface area contributed by atoms with Gasteiger partial charge in [0, 0.05) is 25.3 Å². The van der Waals surface area contributed by atoms with Crippen molar-refractivity contribution in [3.8, 4) is 0 Å². The fourth-order valence-electron chi connectivity index (χ4n) is 2.52. The highest BCUT2D eigenvalue weighted by atomic mass is 19.1. The molecule has 0 unspecified atom stereocenters. The molecule has 0 aromatic heterocycles. The quantitative estimate of drug-likeness (QED) is 0.820. The molecule has 0 radical (unpaired) electrons. The van der Waals surface area contributed by atoms with Crippen LogP contribution in [0.15, 0.2) is 42.5 Å². The van der Waals surface area contributed by atoms with Crippen LogP contribution in [0.25, 0.3) is 0 Å². The maximum absolute atomic E-state index is 13.1. The van der Waals surface area contributed by atoms with Gasteiger partial charge in [0.1, 0.15) is 5.82 Å². The van der Waals surface area contributed by atoms with Gasteiger partial charge in [0.25, 0.3) is 0 Å². The lowest BCUT2D eigenvalue weighted by Crippen LogP contribution is -2.15. The maximum Gasteiger partial charge on any atom is 0.123 e. The molecular weight excluding hydrogens is 227 g/mol. The third-order valence-electron chi connectivity index (χ3n) is 3.38. The third kappa shape index (κ3) is 2.09. The van der Waals surface area contributed by atoms with Crippen LogP contribution in [-0.4, -0.2) is 4.90 Å². The highest BCUT2D eigenvalue weighted by Gasteiger charge is 2.20. The van der Waals surface area contributed by atoms with Crippen molar-refractivity contribution in [3.63, 3.8) is 0 Å². The Hall–Kier alpha value is -1.87. The van der Waals surface area contributed by atoms with E-state index in [1.807, 2.05) is 18.2 Å². The summed E-state index contributed by atoms with van der Waals surface area (Å²) in [7, 11) is 0. The van der Waals surface area contributed by atoms with Gasteiger partial charge in [-0.15, -0.1) is 0 Å². The van der Waals surface area contributed by atoms with Crippen LogP contribution in [0.3, 0.4) is 0 Å². The van der Waals surface area contributed by atoms with Crippen LogP contribution < -0.4 is 5.73 Å². The lowest BCUT2D eigenvalue weighted by atomic mass is 10.1. The van der Waals surface area contributed by atoms with Crippen LogP contribution in [0.2, 0.25) is 0 Å². The van der Waals surface area contributed by atoms with Crippen molar-refractivity contribution in [2.24, 2.45) is 0 Å². The summed E-state index contributed by atoms with van der Waals surface area (Å²) in [6.45, 7) is 2.49. The number of benzene rings is 2. The Morgan fingerprint density at radius 3 is 2.72 bits per heavy atom. The van der Waals surface area contributed by atoms with Crippen molar-refractivity contribution in [1.29, 1.82) is 0 Å². The molecular formula is C15H15FN2. The van der Waals surface area contributed by atoms with Gasteiger partial charge in [0.05, 0.1) is 0 Å². The molecule has 18 heavy (non-hydrogen) atoms. The van der Waals surface area contributed by atoms with Gasteiger partial charge in [-0.2, -0.15) is 0 Å². The molecule has 3 heteroatoms. The number of rotatable bonds is 2. The minimum absolute atomic E-state index is 0.177. The van der Waals surface area contributed by atoms with E-state index < -0.39 is 0 Å². The molecule has 0 bridgehead atoms. The zero-order chi connectivity index (χ0) is 12.5. The highest BCUT2D eigenvalue weighted by Crippen LogP contribution is 2.28. The van der Waals surface area contributed by atoms with Crippen LogP contribution in [0, 0.1) is 5.82 Å². The number of fused-ring (bicyclic) bond motifs is 1. The molecule has 1 heterocycles. The first-order valence-corrected chi connectivity index (χ1v) is 6.05. The molecule has 2 aromatic carbocycles. The SMILES string of the molecule is Nc1cccc2c1CN(Cc1cccc(F)c1)C2. The Balaban J connectivity index is 1.77. The fraction of sp³-hybridized carbons (Fsp3) is 0.200. The van der Waals surface area contributed by atoms with E-state index >= 15 is 0 Å². The molecule has 0 saturated heterocycles. The zero-order valence-corrected chi connectivity index (χ0v) is 10.1. The number of nitrogen functional groups attached to an aromatic ring is 1. The van der Waals surface area contributed by atoms with Gasteiger partial charge in [-0.25, -0.2) is 4.39 Å². The second kappa shape index (κ2) is 4.42. The van der Waals surface area contributed by atoms with E-state index in [9.17, 15) is 4.39 Å². The minimum Gasteiger partial charge on any atom is -0.398 e. The number of hydrogen-bond donors (Lipinski definition) is 1. The van der Waals surface area contributed by atoms with E-state index in [1.165, 1.54) is 17.2 Å². The molecule has 0 amide bonds. The second-order valence-corrected chi connectivity index (χ2v) is 4.76. The van der Waals surface area contributed by atoms with Crippen LogP contribution in [0.5, 0.6) is 0 Å². The first kappa shape index (κ1) is 11.2.